The molecule has 2 rings (SSSR count). The number of nitrogens with zero attached hydrogens (tertiary/aromatic N) is 2. The molecule has 0 bridgehead atoms. The second-order valence-corrected chi connectivity index (χ2v) is 4.52. The van der Waals surface area contributed by atoms with Crippen LogP contribution in [0.4, 0.5) is 5.82 Å². The number of nitrogen functional groups attached to an aromatic ring is 1. The van der Waals surface area contributed by atoms with Gasteiger partial charge in [-0.3, -0.25) is 0 Å². The molecule has 5 heteroatoms. The van der Waals surface area contributed by atoms with Crippen molar-refractivity contribution in [2.24, 2.45) is 5.84 Å². The maximum atomic E-state index is 6.12. The quantitative estimate of drug-likeness (QED) is 0.659. The highest BCUT2D eigenvalue weighted by molar-refractivity contribution is 6.31. The number of rotatable bonds is 3. The van der Waals surface area contributed by atoms with Gasteiger partial charge < -0.3 is 5.43 Å². The molecule has 4 nitrogen and oxygen atoms in total. The fraction of sp³-hybridized carbons (Fsp3) is 0.231. The van der Waals surface area contributed by atoms with Gasteiger partial charge in [0.1, 0.15) is 11.6 Å². The predicted octanol–water partition coefficient (Wildman–Crippen LogP) is 2.62. The molecule has 18 heavy (non-hydrogen) atoms. The molecule has 0 saturated heterocycles. The lowest BCUT2D eigenvalue weighted by Gasteiger charge is -2.10. The molecule has 0 unspecified atom stereocenters. The number of hydrogen-bond acceptors (Lipinski definition) is 4. The Hall–Kier alpha value is -1.65. The Labute approximate surface area is 111 Å². The standard InChI is InChI=1S/C13H15ClN4/c1-8-9(2)16-12(17-13(8)18-15)7-10-5-3-4-6-11(10)14/h3-6H,7,15H2,1-2H3,(H,16,17,18). The van der Waals surface area contributed by atoms with Crippen molar-refractivity contribution >= 4 is 17.4 Å². The van der Waals surface area contributed by atoms with Crippen molar-refractivity contribution in [2.45, 2.75) is 20.3 Å². The average molecular weight is 263 g/mol. The topological polar surface area (TPSA) is 63.8 Å². The molecule has 0 spiro atoms. The summed E-state index contributed by atoms with van der Waals surface area (Å²) in [6.45, 7) is 3.87. The first kappa shape index (κ1) is 12.8. The van der Waals surface area contributed by atoms with E-state index >= 15 is 0 Å². The van der Waals surface area contributed by atoms with E-state index in [1.165, 1.54) is 0 Å². The van der Waals surface area contributed by atoms with E-state index in [1.54, 1.807) is 0 Å². The molecule has 0 atom stereocenters. The summed E-state index contributed by atoms with van der Waals surface area (Å²) in [5.41, 5.74) is 5.47. The fourth-order valence-corrected chi connectivity index (χ4v) is 1.92. The summed E-state index contributed by atoms with van der Waals surface area (Å²) >= 11 is 6.12. The summed E-state index contributed by atoms with van der Waals surface area (Å²) < 4.78 is 0. The van der Waals surface area contributed by atoms with Gasteiger partial charge in [-0.15, -0.1) is 0 Å². The Balaban J connectivity index is 2.36. The van der Waals surface area contributed by atoms with E-state index in [4.69, 9.17) is 17.4 Å². The van der Waals surface area contributed by atoms with Crippen LogP contribution in [0, 0.1) is 13.8 Å². The lowest BCUT2D eigenvalue weighted by Crippen LogP contribution is -2.13. The summed E-state index contributed by atoms with van der Waals surface area (Å²) in [4.78, 5) is 8.83. The molecule has 0 radical (unpaired) electrons. The first-order valence-electron chi connectivity index (χ1n) is 5.66. The number of benzene rings is 1. The summed E-state index contributed by atoms with van der Waals surface area (Å²) in [7, 11) is 0. The van der Waals surface area contributed by atoms with Crippen molar-refractivity contribution in [1.29, 1.82) is 0 Å². The van der Waals surface area contributed by atoms with Crippen molar-refractivity contribution in [3.63, 3.8) is 0 Å². The van der Waals surface area contributed by atoms with Crippen molar-refractivity contribution in [2.75, 3.05) is 5.43 Å². The van der Waals surface area contributed by atoms with Crippen molar-refractivity contribution in [3.8, 4) is 0 Å². The fourth-order valence-electron chi connectivity index (χ4n) is 1.72. The van der Waals surface area contributed by atoms with Gasteiger partial charge in [0.15, 0.2) is 0 Å². The van der Waals surface area contributed by atoms with E-state index < -0.39 is 0 Å². The molecule has 1 aromatic heterocycles. The van der Waals surface area contributed by atoms with Crippen LogP contribution in [-0.4, -0.2) is 9.97 Å². The highest BCUT2D eigenvalue weighted by Gasteiger charge is 2.09. The number of hydrazine groups is 1. The first-order chi connectivity index (χ1) is 8.61. The second-order valence-electron chi connectivity index (χ2n) is 4.11. The average Bonchev–Trinajstić information content (AvgIpc) is 2.36. The molecule has 0 aliphatic carbocycles. The predicted molar refractivity (Wildman–Crippen MR) is 73.6 cm³/mol. The monoisotopic (exact) mass is 262 g/mol. The number of aryl methyl sites for hydroxylation is 1. The third-order valence-corrected chi connectivity index (χ3v) is 3.25. The van der Waals surface area contributed by atoms with Crippen LogP contribution >= 0.6 is 11.6 Å². The van der Waals surface area contributed by atoms with Gasteiger partial charge >= 0.3 is 0 Å². The molecule has 94 valence electrons. The van der Waals surface area contributed by atoms with E-state index in [0.717, 1.165) is 21.8 Å². The number of nitrogens with two attached hydrogens (primary N) is 1. The summed E-state index contributed by atoms with van der Waals surface area (Å²) in [6.07, 6.45) is 0.593. The zero-order valence-electron chi connectivity index (χ0n) is 10.4. The Morgan fingerprint density at radius 3 is 2.61 bits per heavy atom. The molecular formula is C13H15ClN4. The SMILES string of the molecule is Cc1nc(Cc2ccccc2Cl)nc(NN)c1C. The minimum absolute atomic E-state index is 0.593. The van der Waals surface area contributed by atoms with Crippen molar-refractivity contribution < 1.29 is 0 Å². The minimum Gasteiger partial charge on any atom is -0.308 e. The van der Waals surface area contributed by atoms with Gasteiger partial charge in [0.05, 0.1) is 0 Å². The number of halogens is 1. The number of anilines is 1. The highest BCUT2D eigenvalue weighted by Crippen LogP contribution is 2.19. The van der Waals surface area contributed by atoms with Crippen LogP contribution in [0.2, 0.25) is 5.02 Å². The van der Waals surface area contributed by atoms with Gasteiger partial charge in [-0.25, -0.2) is 15.8 Å². The molecule has 3 N–H and O–H groups in total. The normalized spacial score (nSPS) is 10.4. The Morgan fingerprint density at radius 1 is 1.22 bits per heavy atom. The van der Waals surface area contributed by atoms with Gasteiger partial charge in [-0.05, 0) is 25.5 Å². The lowest BCUT2D eigenvalue weighted by atomic mass is 10.1. The van der Waals surface area contributed by atoms with Gasteiger partial charge in [-0.1, -0.05) is 29.8 Å². The summed E-state index contributed by atoms with van der Waals surface area (Å²) in [6, 6.07) is 7.68. The smallest absolute Gasteiger partial charge is 0.146 e. The molecular weight excluding hydrogens is 248 g/mol. The molecule has 0 saturated carbocycles. The van der Waals surface area contributed by atoms with Crippen molar-refractivity contribution in [1.82, 2.24) is 9.97 Å². The van der Waals surface area contributed by atoms with Crippen LogP contribution in [0.25, 0.3) is 0 Å². The third-order valence-electron chi connectivity index (χ3n) is 2.88. The van der Waals surface area contributed by atoms with Gasteiger partial charge in [0.25, 0.3) is 0 Å². The van der Waals surface area contributed by atoms with Crippen molar-refractivity contribution in [3.05, 3.63) is 51.9 Å². The molecule has 0 aliphatic heterocycles. The molecule has 0 amide bonds. The van der Waals surface area contributed by atoms with E-state index in [-0.39, 0.29) is 0 Å². The zero-order valence-corrected chi connectivity index (χ0v) is 11.1. The number of nitrogens with one attached hydrogen (secondary N) is 1. The molecule has 0 aliphatic rings. The molecule has 2 aromatic rings. The van der Waals surface area contributed by atoms with Crippen LogP contribution < -0.4 is 11.3 Å². The molecule has 1 aromatic carbocycles. The highest BCUT2D eigenvalue weighted by atomic mass is 35.5. The second kappa shape index (κ2) is 5.33. The van der Waals surface area contributed by atoms with Crippen LogP contribution in [0.5, 0.6) is 0 Å². The largest absolute Gasteiger partial charge is 0.308 e. The molecule has 1 heterocycles. The van der Waals surface area contributed by atoms with Gasteiger partial charge in [-0.2, -0.15) is 0 Å². The summed E-state index contributed by atoms with van der Waals surface area (Å²) in [5, 5.41) is 0.724. The van der Waals surface area contributed by atoms with E-state index in [1.807, 2.05) is 38.1 Å². The van der Waals surface area contributed by atoms with Crippen LogP contribution in [0.3, 0.4) is 0 Å². The van der Waals surface area contributed by atoms with Crippen LogP contribution in [0.1, 0.15) is 22.6 Å². The maximum absolute atomic E-state index is 6.12. The Bertz CT molecular complexity index is 569. The van der Waals surface area contributed by atoms with Crippen LogP contribution in [0.15, 0.2) is 24.3 Å². The Kier molecular flexibility index (Phi) is 3.79. The zero-order chi connectivity index (χ0) is 13.1. The van der Waals surface area contributed by atoms with E-state index in [9.17, 15) is 0 Å². The molecule has 0 fully saturated rings. The van der Waals surface area contributed by atoms with Gasteiger partial charge in [0, 0.05) is 22.7 Å². The van der Waals surface area contributed by atoms with Crippen LogP contribution in [-0.2, 0) is 6.42 Å². The summed E-state index contributed by atoms with van der Waals surface area (Å²) in [5.74, 6) is 6.81. The van der Waals surface area contributed by atoms with Gasteiger partial charge in [0.2, 0.25) is 0 Å². The number of hydrogen-bond donors (Lipinski definition) is 2. The maximum Gasteiger partial charge on any atom is 0.146 e. The number of aromatic nitrogens is 2. The minimum atomic E-state index is 0.593. The lowest BCUT2D eigenvalue weighted by molar-refractivity contribution is 0.925. The first-order valence-corrected chi connectivity index (χ1v) is 6.03. The van der Waals surface area contributed by atoms with E-state index in [0.29, 0.717) is 18.1 Å². The van der Waals surface area contributed by atoms with E-state index in [2.05, 4.69) is 15.4 Å². The third kappa shape index (κ3) is 2.60. The Morgan fingerprint density at radius 2 is 1.94 bits per heavy atom.